The Labute approximate surface area is 114 Å². The van der Waals surface area contributed by atoms with Gasteiger partial charge in [-0.15, -0.1) is 0 Å². The minimum Gasteiger partial charge on any atom is -0.384 e. The molecule has 0 radical (unpaired) electrons. The third kappa shape index (κ3) is 3.16. The van der Waals surface area contributed by atoms with E-state index in [2.05, 4.69) is 4.90 Å². The summed E-state index contributed by atoms with van der Waals surface area (Å²) in [7, 11) is 1.77. The minimum atomic E-state index is 0.554. The highest BCUT2D eigenvalue weighted by atomic mass is 35.5. The van der Waals surface area contributed by atoms with Crippen LogP contribution in [0.25, 0.3) is 0 Å². The molecule has 0 aliphatic carbocycles. The lowest BCUT2D eigenvalue weighted by molar-refractivity contribution is 0.143. The highest BCUT2D eigenvalue weighted by Crippen LogP contribution is 2.29. The summed E-state index contributed by atoms with van der Waals surface area (Å²) in [6, 6.07) is 5.96. The zero-order valence-electron chi connectivity index (χ0n) is 10.9. The van der Waals surface area contributed by atoms with Crippen LogP contribution >= 0.6 is 11.6 Å². The molecule has 2 N–H and O–H groups in total. The molecule has 1 aromatic carbocycles. The Hall–Kier alpha value is -0.770. The molecule has 1 aromatic rings. The van der Waals surface area contributed by atoms with Gasteiger partial charge in [0.05, 0.1) is 6.61 Å². The molecular weight excluding hydrogens is 248 g/mol. The SMILES string of the molecule is COCC1CCCN(c2cc(Cl)ccc2CN)C1. The van der Waals surface area contributed by atoms with Crippen LogP contribution in [0, 0.1) is 5.92 Å². The maximum atomic E-state index is 6.10. The van der Waals surface area contributed by atoms with Crippen molar-refractivity contribution >= 4 is 17.3 Å². The number of nitrogens with zero attached hydrogens (tertiary/aromatic N) is 1. The Bertz CT molecular complexity index is 395. The number of methoxy groups -OCH3 is 1. The van der Waals surface area contributed by atoms with Gasteiger partial charge >= 0.3 is 0 Å². The first kappa shape index (κ1) is 13.7. The van der Waals surface area contributed by atoms with Crippen LogP contribution in [0.5, 0.6) is 0 Å². The van der Waals surface area contributed by atoms with Crippen LogP contribution in [0.1, 0.15) is 18.4 Å². The molecule has 1 aliphatic heterocycles. The number of nitrogens with two attached hydrogens (primary N) is 1. The van der Waals surface area contributed by atoms with Crippen molar-refractivity contribution in [3.63, 3.8) is 0 Å². The van der Waals surface area contributed by atoms with Gasteiger partial charge in [0, 0.05) is 37.5 Å². The molecule has 1 unspecified atom stereocenters. The molecule has 0 amide bonds. The number of hydrogen-bond acceptors (Lipinski definition) is 3. The molecule has 100 valence electrons. The van der Waals surface area contributed by atoms with Crippen LogP contribution in [-0.2, 0) is 11.3 Å². The van der Waals surface area contributed by atoms with Crippen molar-refractivity contribution < 1.29 is 4.74 Å². The first-order valence-corrected chi connectivity index (χ1v) is 6.84. The van der Waals surface area contributed by atoms with Gasteiger partial charge in [0.15, 0.2) is 0 Å². The maximum absolute atomic E-state index is 6.10. The normalized spacial score (nSPS) is 20.2. The Morgan fingerprint density at radius 2 is 2.33 bits per heavy atom. The molecule has 4 heteroatoms. The fourth-order valence-corrected chi connectivity index (χ4v) is 2.83. The van der Waals surface area contributed by atoms with E-state index in [-0.39, 0.29) is 0 Å². The van der Waals surface area contributed by atoms with Gasteiger partial charge in [0.25, 0.3) is 0 Å². The second-order valence-corrected chi connectivity index (χ2v) is 5.32. The van der Waals surface area contributed by atoms with Crippen molar-refractivity contribution in [1.29, 1.82) is 0 Å². The van der Waals surface area contributed by atoms with Crippen LogP contribution in [0.15, 0.2) is 18.2 Å². The molecule has 2 rings (SSSR count). The summed E-state index contributed by atoms with van der Waals surface area (Å²) in [5, 5.41) is 0.774. The Kier molecular flexibility index (Phi) is 4.87. The van der Waals surface area contributed by atoms with E-state index < -0.39 is 0 Å². The molecular formula is C14H21ClN2O. The fraction of sp³-hybridized carbons (Fsp3) is 0.571. The molecule has 3 nitrogen and oxygen atoms in total. The third-order valence-corrected chi connectivity index (χ3v) is 3.76. The topological polar surface area (TPSA) is 38.5 Å². The van der Waals surface area contributed by atoms with E-state index in [0.717, 1.165) is 30.3 Å². The van der Waals surface area contributed by atoms with Crippen molar-refractivity contribution in [2.75, 3.05) is 31.7 Å². The first-order chi connectivity index (χ1) is 8.74. The molecule has 0 bridgehead atoms. The molecule has 1 fully saturated rings. The van der Waals surface area contributed by atoms with Gasteiger partial charge in [0.1, 0.15) is 0 Å². The highest BCUT2D eigenvalue weighted by molar-refractivity contribution is 6.30. The fourth-order valence-electron chi connectivity index (χ4n) is 2.66. The number of anilines is 1. The Balaban J connectivity index is 2.17. The summed E-state index contributed by atoms with van der Waals surface area (Å²) < 4.78 is 5.27. The van der Waals surface area contributed by atoms with Gasteiger partial charge in [-0.25, -0.2) is 0 Å². The van der Waals surface area contributed by atoms with Gasteiger partial charge < -0.3 is 15.4 Å². The van der Waals surface area contributed by atoms with E-state index in [4.69, 9.17) is 22.1 Å². The minimum absolute atomic E-state index is 0.554. The Morgan fingerprint density at radius 3 is 3.06 bits per heavy atom. The maximum Gasteiger partial charge on any atom is 0.0507 e. The predicted octanol–water partition coefficient (Wildman–Crippen LogP) is 2.66. The predicted molar refractivity (Wildman–Crippen MR) is 76.2 cm³/mol. The average molecular weight is 269 g/mol. The largest absolute Gasteiger partial charge is 0.384 e. The van der Waals surface area contributed by atoms with E-state index >= 15 is 0 Å². The van der Waals surface area contributed by atoms with Gasteiger partial charge in [0.2, 0.25) is 0 Å². The van der Waals surface area contributed by atoms with Crippen molar-refractivity contribution in [1.82, 2.24) is 0 Å². The zero-order chi connectivity index (χ0) is 13.0. The van der Waals surface area contributed by atoms with Crippen LogP contribution in [0.3, 0.4) is 0 Å². The third-order valence-electron chi connectivity index (χ3n) is 3.53. The van der Waals surface area contributed by atoms with E-state index in [9.17, 15) is 0 Å². The average Bonchev–Trinajstić information content (AvgIpc) is 2.39. The van der Waals surface area contributed by atoms with E-state index in [1.54, 1.807) is 7.11 Å². The van der Waals surface area contributed by atoms with Crippen LogP contribution in [0.2, 0.25) is 5.02 Å². The lowest BCUT2D eigenvalue weighted by Crippen LogP contribution is -2.37. The molecule has 1 heterocycles. The summed E-state index contributed by atoms with van der Waals surface area (Å²) in [5.74, 6) is 0.605. The number of piperidine rings is 1. The molecule has 0 saturated carbocycles. The van der Waals surface area contributed by atoms with Crippen LogP contribution in [0.4, 0.5) is 5.69 Å². The number of benzene rings is 1. The first-order valence-electron chi connectivity index (χ1n) is 6.47. The molecule has 1 atom stereocenters. The summed E-state index contributed by atoms with van der Waals surface area (Å²) in [6.07, 6.45) is 2.44. The summed E-state index contributed by atoms with van der Waals surface area (Å²) in [6.45, 7) is 3.49. The smallest absolute Gasteiger partial charge is 0.0507 e. The molecule has 1 saturated heterocycles. The van der Waals surface area contributed by atoms with E-state index in [1.165, 1.54) is 18.5 Å². The van der Waals surface area contributed by atoms with Gasteiger partial charge in [-0.2, -0.15) is 0 Å². The van der Waals surface area contributed by atoms with Crippen molar-refractivity contribution in [3.05, 3.63) is 28.8 Å². The van der Waals surface area contributed by atoms with Gasteiger partial charge in [-0.1, -0.05) is 17.7 Å². The second-order valence-electron chi connectivity index (χ2n) is 4.89. The standard InChI is InChI=1S/C14H21ClN2O/c1-18-10-11-3-2-6-17(9-11)14-7-13(15)5-4-12(14)8-16/h4-5,7,11H,2-3,6,8-10,16H2,1H3. The second kappa shape index (κ2) is 6.41. The monoisotopic (exact) mass is 268 g/mol. The molecule has 0 spiro atoms. The number of ether oxygens (including phenoxy) is 1. The van der Waals surface area contributed by atoms with E-state index in [0.29, 0.717) is 12.5 Å². The molecule has 0 aromatic heterocycles. The quantitative estimate of drug-likeness (QED) is 0.912. The lowest BCUT2D eigenvalue weighted by Gasteiger charge is -2.35. The van der Waals surface area contributed by atoms with Crippen LogP contribution in [-0.4, -0.2) is 26.8 Å². The lowest BCUT2D eigenvalue weighted by atomic mass is 9.97. The number of hydrogen-bond donors (Lipinski definition) is 1. The van der Waals surface area contributed by atoms with Crippen molar-refractivity contribution in [2.24, 2.45) is 11.7 Å². The molecule has 1 aliphatic rings. The Morgan fingerprint density at radius 1 is 1.50 bits per heavy atom. The summed E-state index contributed by atoms with van der Waals surface area (Å²) in [4.78, 5) is 2.39. The highest BCUT2D eigenvalue weighted by Gasteiger charge is 2.21. The van der Waals surface area contributed by atoms with Crippen molar-refractivity contribution in [2.45, 2.75) is 19.4 Å². The van der Waals surface area contributed by atoms with Gasteiger partial charge in [-0.3, -0.25) is 0 Å². The molecule has 18 heavy (non-hydrogen) atoms. The van der Waals surface area contributed by atoms with Crippen LogP contribution < -0.4 is 10.6 Å². The zero-order valence-corrected chi connectivity index (χ0v) is 11.6. The summed E-state index contributed by atoms with van der Waals surface area (Å²) >= 11 is 6.10. The number of rotatable bonds is 4. The van der Waals surface area contributed by atoms with Crippen molar-refractivity contribution in [3.8, 4) is 0 Å². The summed E-state index contributed by atoms with van der Waals surface area (Å²) in [5.41, 5.74) is 8.16. The van der Waals surface area contributed by atoms with Gasteiger partial charge in [-0.05, 0) is 36.5 Å². The number of halogens is 1. The van der Waals surface area contributed by atoms with E-state index in [1.807, 2.05) is 18.2 Å².